The number of carbonyl (C=O) groups excluding carboxylic acids is 3. The number of carbonyl (C=O) groups is 3. The van der Waals surface area contributed by atoms with Gasteiger partial charge in [-0.2, -0.15) is 9.40 Å². The summed E-state index contributed by atoms with van der Waals surface area (Å²) in [4.78, 5) is 43.5. The van der Waals surface area contributed by atoms with Gasteiger partial charge in [0.1, 0.15) is 16.1 Å². The van der Waals surface area contributed by atoms with E-state index in [9.17, 15) is 22.8 Å². The van der Waals surface area contributed by atoms with E-state index in [2.05, 4.69) is 20.3 Å². The third-order valence-electron chi connectivity index (χ3n) is 5.67. The van der Waals surface area contributed by atoms with Gasteiger partial charge in [-0.15, -0.1) is 0 Å². The Labute approximate surface area is 208 Å². The number of amides is 2. The van der Waals surface area contributed by atoms with E-state index in [-0.39, 0.29) is 40.0 Å². The molecule has 2 amide bonds. The SMILES string of the molecule is CCOc1ncc(S(=O)(=O)N2CCN(CC)CC2)cc1C(=O)Nc1c(C(N)=O)nn(C)c1C(=O)OC. The van der Waals surface area contributed by atoms with E-state index in [0.717, 1.165) is 30.6 Å². The molecular formula is C21H29N7O7S. The van der Waals surface area contributed by atoms with Gasteiger partial charge in [0, 0.05) is 33.2 Å². The lowest BCUT2D eigenvalue weighted by atomic mass is 10.2. The van der Waals surface area contributed by atoms with Crippen LogP contribution in [0, 0.1) is 0 Å². The molecule has 1 aliphatic heterocycles. The Morgan fingerprint density at radius 2 is 1.83 bits per heavy atom. The van der Waals surface area contributed by atoms with Crippen molar-refractivity contribution in [3.63, 3.8) is 0 Å². The zero-order valence-corrected chi connectivity index (χ0v) is 21.3. The Kier molecular flexibility index (Phi) is 8.27. The number of likely N-dealkylation sites (N-methyl/N-ethyl adjacent to an activating group) is 1. The van der Waals surface area contributed by atoms with Crippen LogP contribution in [-0.4, -0.2) is 96.6 Å². The third-order valence-corrected chi connectivity index (χ3v) is 7.53. The van der Waals surface area contributed by atoms with Gasteiger partial charge < -0.3 is 25.4 Å². The van der Waals surface area contributed by atoms with E-state index in [1.807, 2.05) is 6.92 Å². The molecule has 0 unspecified atom stereocenters. The Hall–Kier alpha value is -3.56. The van der Waals surface area contributed by atoms with Gasteiger partial charge in [-0.3, -0.25) is 14.3 Å². The smallest absolute Gasteiger partial charge is 0.358 e. The molecule has 0 radical (unpaired) electrons. The Bertz CT molecular complexity index is 1270. The average molecular weight is 524 g/mol. The number of ether oxygens (including phenoxy) is 2. The van der Waals surface area contributed by atoms with Crippen molar-refractivity contribution >= 4 is 33.5 Å². The molecule has 1 saturated heterocycles. The second-order valence-corrected chi connectivity index (χ2v) is 9.74. The minimum Gasteiger partial charge on any atom is -0.477 e. The second-order valence-electron chi connectivity index (χ2n) is 7.80. The molecule has 0 saturated carbocycles. The summed E-state index contributed by atoms with van der Waals surface area (Å²) < 4.78 is 39.1. The number of aryl methyl sites for hydroxylation is 1. The van der Waals surface area contributed by atoms with Crippen molar-refractivity contribution in [3.8, 4) is 5.88 Å². The van der Waals surface area contributed by atoms with Gasteiger partial charge in [0.25, 0.3) is 11.8 Å². The molecule has 1 aliphatic rings. The van der Waals surface area contributed by atoms with Gasteiger partial charge in [0.15, 0.2) is 11.4 Å². The molecule has 3 rings (SSSR count). The van der Waals surface area contributed by atoms with Crippen molar-refractivity contribution in [2.75, 3.05) is 51.8 Å². The number of primary amides is 1. The summed E-state index contributed by atoms with van der Waals surface area (Å²) in [5.74, 6) is -2.89. The molecule has 3 N–H and O–H groups in total. The summed E-state index contributed by atoms with van der Waals surface area (Å²) in [6.45, 7) is 6.40. The number of piperazine rings is 1. The maximum atomic E-state index is 13.3. The van der Waals surface area contributed by atoms with Crippen LogP contribution in [0.4, 0.5) is 5.69 Å². The van der Waals surface area contributed by atoms with Gasteiger partial charge in [-0.1, -0.05) is 6.92 Å². The summed E-state index contributed by atoms with van der Waals surface area (Å²) in [6, 6.07) is 1.15. The minimum absolute atomic E-state index is 0.131. The number of esters is 1. The molecule has 1 fully saturated rings. The van der Waals surface area contributed by atoms with E-state index < -0.39 is 27.8 Å². The van der Waals surface area contributed by atoms with E-state index in [0.29, 0.717) is 26.2 Å². The number of methoxy groups -OCH3 is 1. The maximum absolute atomic E-state index is 13.3. The standard InChI is InChI=1S/C21H29N7O7S/c1-5-27-7-9-28(10-8-27)36(32,33)13-11-14(20(23-12-13)35-6-2)19(30)24-15-16(18(22)29)25-26(3)17(15)21(31)34-4/h11-12H,5-10H2,1-4H3,(H2,22,29)(H,24,30). The molecule has 2 aromatic rings. The fraction of sp³-hybridized carbons (Fsp3) is 0.476. The highest BCUT2D eigenvalue weighted by atomic mass is 32.2. The lowest BCUT2D eigenvalue weighted by Gasteiger charge is -2.33. The number of pyridine rings is 1. The van der Waals surface area contributed by atoms with Crippen molar-refractivity contribution in [2.45, 2.75) is 18.7 Å². The summed E-state index contributed by atoms with van der Waals surface area (Å²) in [6.07, 6.45) is 1.13. The summed E-state index contributed by atoms with van der Waals surface area (Å²) in [5.41, 5.74) is 4.25. The molecule has 196 valence electrons. The van der Waals surface area contributed by atoms with Crippen LogP contribution in [0.2, 0.25) is 0 Å². The van der Waals surface area contributed by atoms with Gasteiger partial charge in [0.05, 0.1) is 19.9 Å². The van der Waals surface area contributed by atoms with Crippen LogP contribution in [0.1, 0.15) is 45.2 Å². The van der Waals surface area contributed by atoms with Crippen molar-refractivity contribution in [2.24, 2.45) is 12.8 Å². The fourth-order valence-corrected chi connectivity index (χ4v) is 5.15. The first kappa shape index (κ1) is 27.0. The lowest BCUT2D eigenvalue weighted by Crippen LogP contribution is -2.48. The number of hydrogen-bond donors (Lipinski definition) is 2. The van der Waals surface area contributed by atoms with E-state index in [4.69, 9.17) is 15.2 Å². The van der Waals surface area contributed by atoms with Crippen LogP contribution in [0.25, 0.3) is 0 Å². The lowest BCUT2D eigenvalue weighted by molar-refractivity contribution is 0.0589. The van der Waals surface area contributed by atoms with Crippen LogP contribution in [0.5, 0.6) is 5.88 Å². The highest BCUT2D eigenvalue weighted by Gasteiger charge is 2.32. The molecule has 14 nitrogen and oxygen atoms in total. The monoisotopic (exact) mass is 523 g/mol. The van der Waals surface area contributed by atoms with E-state index >= 15 is 0 Å². The normalized spacial score (nSPS) is 14.9. The molecule has 15 heteroatoms. The first-order chi connectivity index (χ1) is 17.0. The molecule has 36 heavy (non-hydrogen) atoms. The number of nitrogens with one attached hydrogen (secondary N) is 1. The van der Waals surface area contributed by atoms with Crippen LogP contribution < -0.4 is 15.8 Å². The largest absolute Gasteiger partial charge is 0.477 e. The zero-order valence-electron chi connectivity index (χ0n) is 20.5. The number of nitrogens with two attached hydrogens (primary N) is 1. The quantitative estimate of drug-likeness (QED) is 0.414. The van der Waals surface area contributed by atoms with E-state index in [1.165, 1.54) is 11.4 Å². The Morgan fingerprint density at radius 1 is 1.17 bits per heavy atom. The Balaban J connectivity index is 2.01. The van der Waals surface area contributed by atoms with Gasteiger partial charge in [-0.05, 0) is 19.5 Å². The van der Waals surface area contributed by atoms with Crippen molar-refractivity contribution in [1.29, 1.82) is 0 Å². The summed E-state index contributed by atoms with van der Waals surface area (Å²) in [5, 5.41) is 6.31. The number of hydrogen-bond acceptors (Lipinski definition) is 10. The Morgan fingerprint density at radius 3 is 2.39 bits per heavy atom. The highest BCUT2D eigenvalue weighted by molar-refractivity contribution is 7.89. The fourth-order valence-electron chi connectivity index (χ4n) is 3.75. The first-order valence-electron chi connectivity index (χ1n) is 11.2. The van der Waals surface area contributed by atoms with Gasteiger partial charge in [-0.25, -0.2) is 18.2 Å². The molecule has 3 heterocycles. The molecular weight excluding hydrogens is 494 g/mol. The number of anilines is 1. The number of rotatable bonds is 9. The van der Waals surface area contributed by atoms with Crippen LogP contribution >= 0.6 is 0 Å². The van der Waals surface area contributed by atoms with Crippen molar-refractivity contribution in [1.82, 2.24) is 24.0 Å². The molecule has 0 aromatic carbocycles. The summed E-state index contributed by atoms with van der Waals surface area (Å²) >= 11 is 0. The number of nitrogens with zero attached hydrogens (tertiary/aromatic N) is 5. The van der Waals surface area contributed by atoms with Gasteiger partial charge in [0.2, 0.25) is 15.9 Å². The zero-order chi connectivity index (χ0) is 26.6. The average Bonchev–Trinajstić information content (AvgIpc) is 3.19. The molecule has 0 aliphatic carbocycles. The predicted molar refractivity (Wildman–Crippen MR) is 127 cm³/mol. The van der Waals surface area contributed by atoms with Gasteiger partial charge >= 0.3 is 5.97 Å². The van der Waals surface area contributed by atoms with Crippen LogP contribution in [0.15, 0.2) is 17.2 Å². The number of sulfonamides is 1. The molecule has 0 bridgehead atoms. The third kappa shape index (κ3) is 5.32. The molecule has 0 atom stereocenters. The van der Waals surface area contributed by atoms with Crippen LogP contribution in [-0.2, 0) is 21.8 Å². The summed E-state index contributed by atoms with van der Waals surface area (Å²) in [7, 11) is -1.46. The topological polar surface area (TPSA) is 179 Å². The molecule has 0 spiro atoms. The first-order valence-corrected chi connectivity index (χ1v) is 12.6. The van der Waals surface area contributed by atoms with Crippen molar-refractivity contribution in [3.05, 3.63) is 29.2 Å². The van der Waals surface area contributed by atoms with Crippen molar-refractivity contribution < 1.29 is 32.3 Å². The predicted octanol–water partition coefficient (Wildman–Crippen LogP) is -0.322. The maximum Gasteiger partial charge on any atom is 0.358 e. The van der Waals surface area contributed by atoms with E-state index in [1.54, 1.807) is 6.92 Å². The minimum atomic E-state index is -3.95. The number of aromatic nitrogens is 3. The van der Waals surface area contributed by atoms with Crippen LogP contribution in [0.3, 0.4) is 0 Å². The second kappa shape index (κ2) is 11.0. The molecule has 2 aromatic heterocycles. The highest BCUT2D eigenvalue weighted by Crippen LogP contribution is 2.27.